The summed E-state index contributed by atoms with van der Waals surface area (Å²) in [6, 6.07) is 3.45. The molecule has 0 aliphatic carbocycles. The maximum Gasteiger partial charge on any atom is 0.306 e. The van der Waals surface area contributed by atoms with E-state index in [9.17, 15) is 13.2 Å². The van der Waals surface area contributed by atoms with Crippen molar-refractivity contribution in [3.8, 4) is 0 Å². The summed E-state index contributed by atoms with van der Waals surface area (Å²) in [6.07, 6.45) is 0.879. The number of hydrogen-bond acceptors (Lipinski definition) is 5. The quantitative estimate of drug-likeness (QED) is 0.722. The SMILES string of the molecule is CCc1ccc(S(=O)(=O)N(CC)CCC(=O)OC)s1. The van der Waals surface area contributed by atoms with E-state index in [1.165, 1.54) is 22.8 Å². The summed E-state index contributed by atoms with van der Waals surface area (Å²) < 4.78 is 30.9. The predicted molar refractivity (Wildman–Crippen MR) is 74.8 cm³/mol. The zero-order valence-electron chi connectivity index (χ0n) is 11.4. The number of methoxy groups -OCH3 is 1. The van der Waals surface area contributed by atoms with Crippen molar-refractivity contribution >= 4 is 27.3 Å². The summed E-state index contributed by atoms with van der Waals surface area (Å²) >= 11 is 1.28. The van der Waals surface area contributed by atoms with Gasteiger partial charge in [-0.2, -0.15) is 4.31 Å². The van der Waals surface area contributed by atoms with Crippen molar-refractivity contribution in [2.24, 2.45) is 0 Å². The van der Waals surface area contributed by atoms with E-state index in [-0.39, 0.29) is 13.0 Å². The molecule has 0 bridgehead atoms. The molecule has 0 fully saturated rings. The summed E-state index contributed by atoms with van der Waals surface area (Å²) in [5, 5.41) is 0. The van der Waals surface area contributed by atoms with E-state index >= 15 is 0 Å². The zero-order chi connectivity index (χ0) is 14.5. The van der Waals surface area contributed by atoms with E-state index in [0.29, 0.717) is 10.8 Å². The van der Waals surface area contributed by atoms with Gasteiger partial charge in [0.2, 0.25) is 0 Å². The highest BCUT2D eigenvalue weighted by molar-refractivity contribution is 7.91. The minimum absolute atomic E-state index is 0.0651. The molecule has 1 aromatic heterocycles. The number of ether oxygens (including phenoxy) is 1. The molecule has 0 atom stereocenters. The summed E-state index contributed by atoms with van der Waals surface area (Å²) in [5.74, 6) is -0.408. The first kappa shape index (κ1) is 16.1. The molecule has 0 spiro atoms. The Morgan fingerprint density at radius 2 is 2.05 bits per heavy atom. The average molecular weight is 305 g/mol. The molecular formula is C12H19NO4S2. The first-order valence-electron chi connectivity index (χ1n) is 6.11. The number of carbonyl (C=O) groups is 1. The highest BCUT2D eigenvalue weighted by atomic mass is 32.2. The Labute approximate surface area is 118 Å². The molecule has 19 heavy (non-hydrogen) atoms. The Balaban J connectivity index is 2.86. The number of nitrogens with zero attached hydrogens (tertiary/aromatic N) is 1. The standard InChI is InChI=1S/C12H19NO4S2/c1-4-10-6-7-12(18-10)19(15,16)13(5-2)9-8-11(14)17-3/h6-7H,4-5,8-9H2,1-3H3. The van der Waals surface area contributed by atoms with Gasteiger partial charge in [0.05, 0.1) is 13.5 Å². The molecule has 7 heteroatoms. The lowest BCUT2D eigenvalue weighted by Gasteiger charge is -2.18. The predicted octanol–water partition coefficient (Wildman–Crippen LogP) is 1.88. The molecule has 0 aromatic carbocycles. The van der Waals surface area contributed by atoms with Gasteiger partial charge in [0.25, 0.3) is 10.0 Å². The van der Waals surface area contributed by atoms with E-state index in [4.69, 9.17) is 0 Å². The number of hydrogen-bond donors (Lipinski definition) is 0. The topological polar surface area (TPSA) is 63.7 Å². The van der Waals surface area contributed by atoms with Crippen LogP contribution in [0.3, 0.4) is 0 Å². The van der Waals surface area contributed by atoms with Crippen molar-refractivity contribution in [2.45, 2.75) is 30.9 Å². The smallest absolute Gasteiger partial charge is 0.306 e. The van der Waals surface area contributed by atoms with Crippen LogP contribution in [0.25, 0.3) is 0 Å². The maximum atomic E-state index is 12.4. The van der Waals surface area contributed by atoms with Crippen LogP contribution >= 0.6 is 11.3 Å². The molecule has 1 heterocycles. The fraction of sp³-hybridized carbons (Fsp3) is 0.583. The Hall–Kier alpha value is -0.920. The highest BCUT2D eigenvalue weighted by Crippen LogP contribution is 2.25. The molecule has 0 aliphatic heterocycles. The second-order valence-electron chi connectivity index (χ2n) is 3.90. The normalized spacial score (nSPS) is 11.8. The molecule has 0 N–H and O–H groups in total. The van der Waals surface area contributed by atoms with E-state index < -0.39 is 16.0 Å². The van der Waals surface area contributed by atoms with Gasteiger partial charge >= 0.3 is 5.97 Å². The van der Waals surface area contributed by atoms with E-state index in [1.54, 1.807) is 13.0 Å². The van der Waals surface area contributed by atoms with Crippen molar-refractivity contribution in [2.75, 3.05) is 20.2 Å². The first-order valence-corrected chi connectivity index (χ1v) is 8.37. The maximum absolute atomic E-state index is 12.4. The lowest BCUT2D eigenvalue weighted by molar-refractivity contribution is -0.140. The van der Waals surface area contributed by atoms with Crippen molar-refractivity contribution in [1.29, 1.82) is 0 Å². The summed E-state index contributed by atoms with van der Waals surface area (Å²) in [7, 11) is -2.21. The van der Waals surface area contributed by atoms with Crippen LogP contribution in [-0.4, -0.2) is 38.9 Å². The van der Waals surface area contributed by atoms with E-state index in [1.807, 2.05) is 13.0 Å². The van der Waals surface area contributed by atoms with Crippen molar-refractivity contribution in [3.63, 3.8) is 0 Å². The van der Waals surface area contributed by atoms with Gasteiger partial charge in [-0.1, -0.05) is 13.8 Å². The van der Waals surface area contributed by atoms with Crippen LogP contribution in [0.4, 0.5) is 0 Å². The Morgan fingerprint density at radius 3 is 2.53 bits per heavy atom. The van der Waals surface area contributed by atoms with Crippen LogP contribution in [0.1, 0.15) is 25.1 Å². The van der Waals surface area contributed by atoms with Crippen LogP contribution in [0, 0.1) is 0 Å². The Bertz CT molecular complexity index is 522. The van der Waals surface area contributed by atoms with Gasteiger partial charge in [0.15, 0.2) is 0 Å². The lowest BCUT2D eigenvalue weighted by Crippen LogP contribution is -2.32. The fourth-order valence-corrected chi connectivity index (χ4v) is 4.48. The van der Waals surface area contributed by atoms with Crippen molar-refractivity contribution < 1.29 is 17.9 Å². The van der Waals surface area contributed by atoms with Crippen LogP contribution < -0.4 is 0 Å². The van der Waals surface area contributed by atoms with Gasteiger partial charge in [-0.05, 0) is 18.6 Å². The van der Waals surface area contributed by atoms with Gasteiger partial charge in [0, 0.05) is 18.0 Å². The molecule has 0 unspecified atom stereocenters. The molecular weight excluding hydrogens is 286 g/mol. The zero-order valence-corrected chi connectivity index (χ0v) is 13.0. The number of rotatable bonds is 7. The second kappa shape index (κ2) is 7.02. The molecule has 1 rings (SSSR count). The summed E-state index contributed by atoms with van der Waals surface area (Å²) in [4.78, 5) is 12.1. The van der Waals surface area contributed by atoms with E-state index in [2.05, 4.69) is 4.74 Å². The fourth-order valence-electron chi connectivity index (χ4n) is 1.58. The second-order valence-corrected chi connectivity index (χ2v) is 7.23. The molecule has 0 saturated heterocycles. The minimum Gasteiger partial charge on any atom is -0.469 e. The number of thiophene rings is 1. The monoisotopic (exact) mass is 305 g/mol. The van der Waals surface area contributed by atoms with E-state index in [0.717, 1.165) is 11.3 Å². The molecule has 108 valence electrons. The molecule has 0 aliphatic rings. The third-order valence-corrected chi connectivity index (χ3v) is 6.40. The van der Waals surface area contributed by atoms with Crippen LogP contribution in [0.15, 0.2) is 16.3 Å². The number of aryl methyl sites for hydroxylation is 1. The Kier molecular flexibility index (Phi) is 5.96. The number of esters is 1. The van der Waals surface area contributed by atoms with Crippen LogP contribution in [0.2, 0.25) is 0 Å². The van der Waals surface area contributed by atoms with Gasteiger partial charge in [-0.25, -0.2) is 8.42 Å². The van der Waals surface area contributed by atoms with Gasteiger partial charge in [-0.15, -0.1) is 11.3 Å². The minimum atomic E-state index is -3.50. The van der Waals surface area contributed by atoms with Crippen LogP contribution in [0.5, 0.6) is 0 Å². The number of carbonyl (C=O) groups excluding carboxylic acids is 1. The lowest BCUT2D eigenvalue weighted by atomic mass is 10.4. The largest absolute Gasteiger partial charge is 0.469 e. The van der Waals surface area contributed by atoms with Gasteiger partial charge in [-0.3, -0.25) is 4.79 Å². The summed E-state index contributed by atoms with van der Waals surface area (Å²) in [6.45, 7) is 4.21. The number of sulfonamides is 1. The molecule has 0 radical (unpaired) electrons. The van der Waals surface area contributed by atoms with Crippen molar-refractivity contribution in [1.82, 2.24) is 4.31 Å². The average Bonchev–Trinajstić information content (AvgIpc) is 2.88. The third-order valence-electron chi connectivity index (χ3n) is 2.73. The highest BCUT2D eigenvalue weighted by Gasteiger charge is 2.25. The third kappa shape index (κ3) is 4.02. The van der Waals surface area contributed by atoms with Gasteiger partial charge < -0.3 is 4.74 Å². The summed E-state index contributed by atoms with van der Waals surface area (Å²) in [5.41, 5.74) is 0. The molecule has 0 amide bonds. The molecule has 0 saturated carbocycles. The molecule has 5 nitrogen and oxygen atoms in total. The Morgan fingerprint density at radius 1 is 1.37 bits per heavy atom. The van der Waals surface area contributed by atoms with Crippen molar-refractivity contribution in [3.05, 3.63) is 17.0 Å². The molecule has 1 aromatic rings. The first-order chi connectivity index (χ1) is 8.95. The van der Waals surface area contributed by atoms with Gasteiger partial charge in [0.1, 0.15) is 4.21 Å². The van der Waals surface area contributed by atoms with Crippen LogP contribution in [-0.2, 0) is 26.0 Å².